The van der Waals surface area contributed by atoms with E-state index in [-0.39, 0.29) is 23.4 Å². The molecular formula is C17H30N2O3. The Morgan fingerprint density at radius 1 is 1.00 bits per heavy atom. The summed E-state index contributed by atoms with van der Waals surface area (Å²) >= 11 is 0. The number of alkyl carbamates (subject to hydrolysis) is 1. The van der Waals surface area contributed by atoms with E-state index < -0.39 is 11.7 Å². The average molecular weight is 310 g/mol. The van der Waals surface area contributed by atoms with Crippen molar-refractivity contribution >= 4 is 12.0 Å². The van der Waals surface area contributed by atoms with Crippen molar-refractivity contribution in [2.75, 3.05) is 0 Å². The van der Waals surface area contributed by atoms with Gasteiger partial charge in [0.2, 0.25) is 5.91 Å². The number of amides is 2. The first-order chi connectivity index (χ1) is 10.1. The van der Waals surface area contributed by atoms with Crippen LogP contribution in [0.4, 0.5) is 4.79 Å². The summed E-state index contributed by atoms with van der Waals surface area (Å²) in [5.74, 6) is 0.747. The fourth-order valence-corrected chi connectivity index (χ4v) is 3.15. The molecule has 2 amide bonds. The van der Waals surface area contributed by atoms with Crippen molar-refractivity contribution in [3.05, 3.63) is 0 Å². The van der Waals surface area contributed by atoms with Gasteiger partial charge in [0.1, 0.15) is 5.60 Å². The van der Waals surface area contributed by atoms with Crippen molar-refractivity contribution in [2.45, 2.75) is 83.9 Å². The van der Waals surface area contributed by atoms with Crippen molar-refractivity contribution in [1.82, 2.24) is 10.6 Å². The highest BCUT2D eigenvalue weighted by molar-refractivity contribution is 5.80. The number of nitrogens with one attached hydrogen (secondary N) is 2. The Bertz CT molecular complexity index is 436. The maximum Gasteiger partial charge on any atom is 0.407 e. The van der Waals surface area contributed by atoms with Crippen molar-refractivity contribution in [1.29, 1.82) is 0 Å². The van der Waals surface area contributed by atoms with Crippen molar-refractivity contribution in [3.8, 4) is 0 Å². The summed E-state index contributed by atoms with van der Waals surface area (Å²) in [6.07, 6.45) is 4.39. The lowest BCUT2D eigenvalue weighted by Gasteiger charge is -2.28. The second-order valence-electron chi connectivity index (χ2n) is 8.34. The zero-order chi connectivity index (χ0) is 16.5. The molecule has 0 bridgehead atoms. The van der Waals surface area contributed by atoms with Crippen LogP contribution in [0.5, 0.6) is 0 Å². The molecule has 5 heteroatoms. The van der Waals surface area contributed by atoms with E-state index in [1.54, 1.807) is 0 Å². The second-order valence-corrected chi connectivity index (χ2v) is 8.34. The molecule has 2 unspecified atom stereocenters. The predicted molar refractivity (Wildman–Crippen MR) is 85.4 cm³/mol. The third kappa shape index (κ3) is 4.89. The van der Waals surface area contributed by atoms with Gasteiger partial charge in [-0.25, -0.2) is 4.79 Å². The van der Waals surface area contributed by atoms with Crippen LogP contribution in [0.1, 0.15) is 66.7 Å². The summed E-state index contributed by atoms with van der Waals surface area (Å²) in [5.41, 5.74) is -0.596. The normalized spacial score (nSPS) is 25.7. The van der Waals surface area contributed by atoms with Gasteiger partial charge in [0.25, 0.3) is 0 Å². The summed E-state index contributed by atoms with van der Waals surface area (Å²) < 4.78 is 5.27. The average Bonchev–Trinajstić information content (AvgIpc) is 3.08. The molecule has 2 rings (SSSR count). The Morgan fingerprint density at radius 3 is 2.18 bits per heavy atom. The van der Waals surface area contributed by atoms with Gasteiger partial charge in [0.15, 0.2) is 0 Å². The molecule has 0 spiro atoms. The van der Waals surface area contributed by atoms with Crippen molar-refractivity contribution in [3.63, 3.8) is 0 Å². The molecule has 2 aliphatic carbocycles. The SMILES string of the molecule is CC(C)(C)OC(=O)NC1CCC(C(=O)NC(C)(C)C2CC2)C1. The highest BCUT2D eigenvalue weighted by Crippen LogP contribution is 2.39. The summed E-state index contributed by atoms with van der Waals surface area (Å²) in [6, 6.07) is 0.0367. The molecule has 2 fully saturated rings. The van der Waals surface area contributed by atoms with Gasteiger partial charge in [0.05, 0.1) is 0 Å². The molecule has 2 saturated carbocycles. The van der Waals surface area contributed by atoms with Gasteiger partial charge in [-0.15, -0.1) is 0 Å². The van der Waals surface area contributed by atoms with Gasteiger partial charge >= 0.3 is 6.09 Å². The number of hydrogen-bond donors (Lipinski definition) is 2. The highest BCUT2D eigenvalue weighted by Gasteiger charge is 2.41. The molecule has 0 aromatic rings. The zero-order valence-electron chi connectivity index (χ0n) is 14.5. The minimum atomic E-state index is -0.492. The minimum Gasteiger partial charge on any atom is -0.444 e. The fourth-order valence-electron chi connectivity index (χ4n) is 3.15. The maximum absolute atomic E-state index is 12.4. The molecule has 2 aliphatic rings. The molecule has 5 nitrogen and oxygen atoms in total. The molecule has 0 radical (unpaired) electrons. The third-order valence-electron chi connectivity index (χ3n) is 4.57. The topological polar surface area (TPSA) is 67.4 Å². The van der Waals surface area contributed by atoms with Crippen LogP contribution in [0.15, 0.2) is 0 Å². The van der Waals surface area contributed by atoms with E-state index in [1.807, 2.05) is 20.8 Å². The Balaban J connectivity index is 1.77. The van der Waals surface area contributed by atoms with Crippen LogP contribution in [0.25, 0.3) is 0 Å². The molecule has 2 N–H and O–H groups in total. The van der Waals surface area contributed by atoms with E-state index in [0.717, 1.165) is 12.8 Å². The van der Waals surface area contributed by atoms with Gasteiger partial charge in [-0.3, -0.25) is 4.79 Å². The van der Waals surface area contributed by atoms with E-state index in [9.17, 15) is 9.59 Å². The molecule has 2 atom stereocenters. The van der Waals surface area contributed by atoms with Crippen LogP contribution < -0.4 is 10.6 Å². The van der Waals surface area contributed by atoms with Crippen molar-refractivity contribution < 1.29 is 14.3 Å². The monoisotopic (exact) mass is 310 g/mol. The van der Waals surface area contributed by atoms with Crippen LogP contribution in [0.2, 0.25) is 0 Å². The first kappa shape index (κ1) is 17.1. The van der Waals surface area contributed by atoms with E-state index in [2.05, 4.69) is 24.5 Å². The van der Waals surface area contributed by atoms with E-state index in [4.69, 9.17) is 4.74 Å². The van der Waals surface area contributed by atoms with E-state index in [1.165, 1.54) is 12.8 Å². The minimum absolute atomic E-state index is 0.00189. The maximum atomic E-state index is 12.4. The lowest BCUT2D eigenvalue weighted by molar-refractivity contribution is -0.126. The van der Waals surface area contributed by atoms with Gasteiger partial charge < -0.3 is 15.4 Å². The van der Waals surface area contributed by atoms with Crippen molar-refractivity contribution in [2.24, 2.45) is 11.8 Å². The number of ether oxygens (including phenoxy) is 1. The summed E-state index contributed by atoms with van der Waals surface area (Å²) in [5, 5.41) is 6.07. The molecule has 22 heavy (non-hydrogen) atoms. The molecule has 0 aromatic carbocycles. The fraction of sp³-hybridized carbons (Fsp3) is 0.882. The van der Waals surface area contributed by atoms with Gasteiger partial charge in [-0.1, -0.05) is 0 Å². The lowest BCUT2D eigenvalue weighted by atomic mass is 9.96. The number of carbonyl (C=O) groups excluding carboxylic acids is 2. The Labute approximate surface area is 133 Å². The first-order valence-electron chi connectivity index (χ1n) is 8.38. The quantitative estimate of drug-likeness (QED) is 0.839. The van der Waals surface area contributed by atoms with Crippen LogP contribution in [0.3, 0.4) is 0 Å². The largest absolute Gasteiger partial charge is 0.444 e. The Hall–Kier alpha value is -1.26. The van der Waals surface area contributed by atoms with Gasteiger partial charge in [0, 0.05) is 17.5 Å². The summed E-state index contributed by atoms with van der Waals surface area (Å²) in [4.78, 5) is 24.2. The number of hydrogen-bond acceptors (Lipinski definition) is 3. The Morgan fingerprint density at radius 2 is 1.64 bits per heavy atom. The van der Waals surface area contributed by atoms with Gasteiger partial charge in [-0.2, -0.15) is 0 Å². The predicted octanol–water partition coefficient (Wildman–Crippen LogP) is 2.98. The van der Waals surface area contributed by atoms with Crippen LogP contribution in [-0.4, -0.2) is 29.2 Å². The highest BCUT2D eigenvalue weighted by atomic mass is 16.6. The lowest BCUT2D eigenvalue weighted by Crippen LogP contribution is -2.47. The second kappa shape index (κ2) is 6.09. The molecule has 0 aliphatic heterocycles. The summed E-state index contributed by atoms with van der Waals surface area (Å²) in [6.45, 7) is 9.74. The molecule has 0 saturated heterocycles. The Kier molecular flexibility index (Phi) is 4.73. The molecule has 0 aromatic heterocycles. The summed E-state index contributed by atoms with van der Waals surface area (Å²) in [7, 11) is 0. The molecular weight excluding hydrogens is 280 g/mol. The zero-order valence-corrected chi connectivity index (χ0v) is 14.5. The van der Waals surface area contributed by atoms with Crippen LogP contribution in [0, 0.1) is 11.8 Å². The van der Waals surface area contributed by atoms with E-state index in [0.29, 0.717) is 12.3 Å². The molecule has 0 heterocycles. The first-order valence-corrected chi connectivity index (χ1v) is 8.38. The number of rotatable bonds is 4. The van der Waals surface area contributed by atoms with Crippen LogP contribution in [-0.2, 0) is 9.53 Å². The van der Waals surface area contributed by atoms with Gasteiger partial charge in [-0.05, 0) is 72.6 Å². The third-order valence-corrected chi connectivity index (χ3v) is 4.57. The number of carbonyl (C=O) groups is 2. The molecule has 126 valence electrons. The standard InChI is InChI=1S/C17H30N2O3/c1-16(2,3)22-15(21)18-13-9-6-11(10-13)14(20)19-17(4,5)12-7-8-12/h11-13H,6-10H2,1-5H3,(H,18,21)(H,19,20). The van der Waals surface area contributed by atoms with E-state index >= 15 is 0 Å². The smallest absolute Gasteiger partial charge is 0.407 e. The van der Waals surface area contributed by atoms with Crippen LogP contribution >= 0.6 is 0 Å².